The maximum Gasteiger partial charge on any atom is 0.152 e. The van der Waals surface area contributed by atoms with E-state index in [2.05, 4.69) is 33.8 Å². The second-order valence-corrected chi connectivity index (χ2v) is 6.20. The summed E-state index contributed by atoms with van der Waals surface area (Å²) in [5.74, 6) is 1.10. The molecule has 1 saturated carbocycles. The Bertz CT molecular complexity index is 343. The van der Waals surface area contributed by atoms with Gasteiger partial charge in [0.15, 0.2) is 5.78 Å². The fourth-order valence-corrected chi connectivity index (χ4v) is 3.17. The average Bonchev–Trinajstić information content (AvgIpc) is 2.75. The van der Waals surface area contributed by atoms with Crippen LogP contribution in [0, 0.1) is 17.3 Å². The summed E-state index contributed by atoms with van der Waals surface area (Å²) in [7, 11) is 0. The van der Waals surface area contributed by atoms with Gasteiger partial charge in [-0.2, -0.15) is 0 Å². The molecule has 0 radical (unpaired) electrons. The third-order valence-electron chi connectivity index (χ3n) is 4.76. The van der Waals surface area contributed by atoms with Crippen molar-refractivity contribution in [2.24, 2.45) is 17.3 Å². The largest absolute Gasteiger partial charge is 0.366 e. The van der Waals surface area contributed by atoms with Gasteiger partial charge in [-0.15, -0.1) is 0 Å². The molecule has 16 heavy (non-hydrogen) atoms. The summed E-state index contributed by atoms with van der Waals surface area (Å²) < 4.78 is 5.85. The standard InChI is InChI=1S/C14H22O2/c1-9-8-12-14(5,16-12)11(13(9,3)4)7-6-10(2)15/h6-7,9,11-12H,8H2,1-5H3/b7-6+/t9-,11-,12-,14+/m0/s1. The molecule has 4 atom stereocenters. The van der Waals surface area contributed by atoms with Crippen LogP contribution < -0.4 is 0 Å². The summed E-state index contributed by atoms with van der Waals surface area (Å²) in [4.78, 5) is 11.1. The first-order chi connectivity index (χ1) is 7.28. The zero-order chi connectivity index (χ0) is 12.1. The number of hydrogen-bond acceptors (Lipinski definition) is 2. The van der Waals surface area contributed by atoms with E-state index >= 15 is 0 Å². The number of epoxide rings is 1. The van der Waals surface area contributed by atoms with E-state index in [4.69, 9.17) is 4.74 Å². The minimum absolute atomic E-state index is 0.0258. The van der Waals surface area contributed by atoms with E-state index in [1.807, 2.05) is 0 Å². The second kappa shape index (κ2) is 3.43. The molecular formula is C14H22O2. The second-order valence-electron chi connectivity index (χ2n) is 6.20. The molecule has 1 saturated heterocycles. The number of rotatable bonds is 2. The van der Waals surface area contributed by atoms with Gasteiger partial charge in [0.05, 0.1) is 11.7 Å². The van der Waals surface area contributed by atoms with Crippen LogP contribution in [-0.4, -0.2) is 17.5 Å². The van der Waals surface area contributed by atoms with Gasteiger partial charge in [-0.3, -0.25) is 4.79 Å². The summed E-state index contributed by atoms with van der Waals surface area (Å²) in [5.41, 5.74) is 0.176. The van der Waals surface area contributed by atoms with Gasteiger partial charge in [0.2, 0.25) is 0 Å². The van der Waals surface area contributed by atoms with Gasteiger partial charge in [0, 0.05) is 5.92 Å². The van der Waals surface area contributed by atoms with Crippen LogP contribution in [0.3, 0.4) is 0 Å². The maximum absolute atomic E-state index is 11.1. The fraction of sp³-hybridized carbons (Fsp3) is 0.786. The SMILES string of the molecule is CC(=O)/C=C/[C@H]1C(C)(C)[C@@H](C)C[C@@H]2O[C@@]21C. The van der Waals surface area contributed by atoms with Crippen LogP contribution in [0.15, 0.2) is 12.2 Å². The van der Waals surface area contributed by atoms with Crippen molar-refractivity contribution in [3.05, 3.63) is 12.2 Å². The van der Waals surface area contributed by atoms with Crippen molar-refractivity contribution in [2.45, 2.75) is 52.7 Å². The molecular weight excluding hydrogens is 200 g/mol. The van der Waals surface area contributed by atoms with E-state index in [0.717, 1.165) is 6.42 Å². The summed E-state index contributed by atoms with van der Waals surface area (Å²) in [6, 6.07) is 0. The number of allylic oxidation sites excluding steroid dienone is 1. The summed E-state index contributed by atoms with van der Waals surface area (Å²) in [6.07, 6.45) is 5.32. The minimum atomic E-state index is -0.0258. The first-order valence-corrected chi connectivity index (χ1v) is 6.15. The lowest BCUT2D eigenvalue weighted by atomic mass is 9.59. The molecule has 0 aromatic carbocycles. The Morgan fingerprint density at radius 2 is 2.00 bits per heavy atom. The minimum Gasteiger partial charge on any atom is -0.366 e. The van der Waals surface area contributed by atoms with Crippen molar-refractivity contribution in [2.75, 3.05) is 0 Å². The maximum atomic E-state index is 11.1. The van der Waals surface area contributed by atoms with Crippen LogP contribution in [0.1, 0.15) is 41.0 Å². The van der Waals surface area contributed by atoms with Crippen molar-refractivity contribution in [1.29, 1.82) is 0 Å². The van der Waals surface area contributed by atoms with Crippen LogP contribution in [0.2, 0.25) is 0 Å². The van der Waals surface area contributed by atoms with Crippen LogP contribution in [0.4, 0.5) is 0 Å². The Balaban J connectivity index is 2.27. The molecule has 0 aromatic heterocycles. The molecule has 0 bridgehead atoms. The molecule has 2 nitrogen and oxygen atoms in total. The highest BCUT2D eigenvalue weighted by atomic mass is 16.6. The summed E-state index contributed by atoms with van der Waals surface area (Å²) in [5, 5.41) is 0. The molecule has 1 aliphatic carbocycles. The Kier molecular flexibility index (Phi) is 2.54. The van der Waals surface area contributed by atoms with Gasteiger partial charge in [-0.1, -0.05) is 26.8 Å². The normalized spacial score (nSPS) is 45.4. The molecule has 0 spiro atoms. The Morgan fingerprint density at radius 3 is 2.56 bits per heavy atom. The molecule has 1 heterocycles. The van der Waals surface area contributed by atoms with Gasteiger partial charge >= 0.3 is 0 Å². The zero-order valence-electron chi connectivity index (χ0n) is 10.9. The third-order valence-corrected chi connectivity index (χ3v) is 4.76. The molecule has 0 N–H and O–H groups in total. The van der Waals surface area contributed by atoms with Crippen molar-refractivity contribution in [3.8, 4) is 0 Å². The number of fused-ring (bicyclic) bond motifs is 1. The lowest BCUT2D eigenvalue weighted by Crippen LogP contribution is -2.44. The molecule has 0 unspecified atom stereocenters. The Labute approximate surface area is 98.1 Å². The fourth-order valence-electron chi connectivity index (χ4n) is 3.17. The molecule has 2 aliphatic rings. The molecule has 0 aromatic rings. The average molecular weight is 222 g/mol. The lowest BCUT2D eigenvalue weighted by molar-refractivity contribution is -0.112. The van der Waals surface area contributed by atoms with Crippen molar-refractivity contribution >= 4 is 5.78 Å². The van der Waals surface area contributed by atoms with E-state index in [0.29, 0.717) is 17.9 Å². The molecule has 2 heteroatoms. The highest BCUT2D eigenvalue weighted by Crippen LogP contribution is 2.60. The highest BCUT2D eigenvalue weighted by molar-refractivity contribution is 5.87. The first kappa shape index (κ1) is 11.8. The topological polar surface area (TPSA) is 29.6 Å². The quantitative estimate of drug-likeness (QED) is 0.531. The molecule has 2 rings (SSSR count). The van der Waals surface area contributed by atoms with E-state index in [1.165, 1.54) is 0 Å². The van der Waals surface area contributed by atoms with Gasteiger partial charge in [0.1, 0.15) is 0 Å². The lowest BCUT2D eigenvalue weighted by Gasteiger charge is -2.43. The molecule has 1 aliphatic heterocycles. The first-order valence-electron chi connectivity index (χ1n) is 6.15. The van der Waals surface area contributed by atoms with Gasteiger partial charge < -0.3 is 4.74 Å². The monoisotopic (exact) mass is 222 g/mol. The summed E-state index contributed by atoms with van der Waals surface area (Å²) in [6.45, 7) is 10.6. The van der Waals surface area contributed by atoms with Crippen molar-refractivity contribution in [3.63, 3.8) is 0 Å². The van der Waals surface area contributed by atoms with E-state index in [1.54, 1.807) is 13.0 Å². The van der Waals surface area contributed by atoms with Crippen LogP contribution in [0.5, 0.6) is 0 Å². The Morgan fingerprint density at radius 1 is 1.38 bits per heavy atom. The van der Waals surface area contributed by atoms with Gasteiger partial charge in [0.25, 0.3) is 0 Å². The number of ketones is 1. The number of ether oxygens (including phenoxy) is 1. The van der Waals surface area contributed by atoms with Gasteiger partial charge in [-0.25, -0.2) is 0 Å². The number of carbonyl (C=O) groups is 1. The van der Waals surface area contributed by atoms with E-state index in [-0.39, 0.29) is 16.8 Å². The predicted octanol–water partition coefficient (Wildman–Crippen LogP) is 2.97. The van der Waals surface area contributed by atoms with Gasteiger partial charge in [-0.05, 0) is 37.7 Å². The van der Waals surface area contributed by atoms with Crippen molar-refractivity contribution in [1.82, 2.24) is 0 Å². The smallest absolute Gasteiger partial charge is 0.152 e. The Hall–Kier alpha value is -0.630. The zero-order valence-corrected chi connectivity index (χ0v) is 10.9. The molecule has 90 valence electrons. The van der Waals surface area contributed by atoms with Crippen LogP contribution in [-0.2, 0) is 9.53 Å². The number of carbonyl (C=O) groups excluding carboxylic acids is 1. The highest BCUT2D eigenvalue weighted by Gasteiger charge is 2.65. The molecule has 2 fully saturated rings. The summed E-state index contributed by atoms with van der Waals surface area (Å²) >= 11 is 0. The van der Waals surface area contributed by atoms with Crippen molar-refractivity contribution < 1.29 is 9.53 Å². The number of hydrogen-bond donors (Lipinski definition) is 0. The third kappa shape index (κ3) is 1.64. The van der Waals surface area contributed by atoms with E-state index in [9.17, 15) is 4.79 Å². The molecule has 0 amide bonds. The van der Waals surface area contributed by atoms with Crippen LogP contribution >= 0.6 is 0 Å². The predicted molar refractivity (Wildman–Crippen MR) is 64.2 cm³/mol. The van der Waals surface area contributed by atoms with E-state index < -0.39 is 0 Å². The van der Waals surface area contributed by atoms with Crippen LogP contribution in [0.25, 0.3) is 0 Å².